The van der Waals surface area contributed by atoms with E-state index in [0.29, 0.717) is 13.2 Å². The Kier molecular flexibility index (Phi) is 4.48. The van der Waals surface area contributed by atoms with Crippen LogP contribution in [0.4, 0.5) is 0 Å². The van der Waals surface area contributed by atoms with Crippen molar-refractivity contribution < 1.29 is 14.6 Å². The molecular formula is C15H20BrNO3. The molecule has 1 aromatic rings. The van der Waals surface area contributed by atoms with Crippen LogP contribution in [0.5, 0.6) is 11.5 Å². The number of fused-ring (bicyclic) bond motifs is 1. The Balaban J connectivity index is 1.79. The van der Waals surface area contributed by atoms with Crippen LogP contribution in [0.15, 0.2) is 16.6 Å². The van der Waals surface area contributed by atoms with Gasteiger partial charge >= 0.3 is 0 Å². The zero-order valence-corrected chi connectivity index (χ0v) is 13.1. The Bertz CT molecular complexity index is 480. The number of aliphatic hydroxyl groups excluding tert-OH is 1. The minimum atomic E-state index is 0.238. The third kappa shape index (κ3) is 2.95. The molecule has 1 atom stereocenters. The highest BCUT2D eigenvalue weighted by molar-refractivity contribution is 9.10. The van der Waals surface area contributed by atoms with Crippen molar-refractivity contribution in [3.05, 3.63) is 22.2 Å². The summed E-state index contributed by atoms with van der Waals surface area (Å²) in [5.41, 5.74) is 1.19. The van der Waals surface area contributed by atoms with E-state index in [0.717, 1.165) is 35.5 Å². The monoisotopic (exact) mass is 341 g/mol. The quantitative estimate of drug-likeness (QED) is 0.917. The number of piperidine rings is 1. The highest BCUT2D eigenvalue weighted by atomic mass is 79.9. The molecule has 2 heterocycles. The zero-order chi connectivity index (χ0) is 13.9. The van der Waals surface area contributed by atoms with Crippen LogP contribution in [-0.4, -0.2) is 42.4 Å². The van der Waals surface area contributed by atoms with Crippen LogP contribution < -0.4 is 9.47 Å². The van der Waals surface area contributed by atoms with Gasteiger partial charge in [0.05, 0.1) is 6.61 Å². The predicted molar refractivity (Wildman–Crippen MR) is 80.3 cm³/mol. The van der Waals surface area contributed by atoms with Crippen LogP contribution in [-0.2, 0) is 6.54 Å². The molecule has 0 radical (unpaired) electrons. The fraction of sp³-hybridized carbons (Fsp3) is 0.600. The summed E-state index contributed by atoms with van der Waals surface area (Å²) in [7, 11) is 0. The first-order valence-electron chi connectivity index (χ1n) is 7.21. The number of benzene rings is 1. The van der Waals surface area contributed by atoms with E-state index in [1.54, 1.807) is 0 Å². The van der Waals surface area contributed by atoms with Crippen LogP contribution in [0.25, 0.3) is 0 Å². The lowest BCUT2D eigenvalue weighted by atomic mass is 10.0. The van der Waals surface area contributed by atoms with E-state index in [2.05, 4.69) is 26.9 Å². The minimum Gasteiger partial charge on any atom is -0.486 e. The van der Waals surface area contributed by atoms with Gasteiger partial charge in [0, 0.05) is 17.1 Å². The van der Waals surface area contributed by atoms with Crippen molar-refractivity contribution in [2.75, 3.05) is 26.4 Å². The number of nitrogens with zero attached hydrogens (tertiary/aromatic N) is 1. The fourth-order valence-corrected chi connectivity index (χ4v) is 3.37. The molecular weight excluding hydrogens is 322 g/mol. The van der Waals surface area contributed by atoms with E-state index in [1.165, 1.54) is 18.4 Å². The average Bonchev–Trinajstić information content (AvgIpc) is 2.48. The number of hydrogen-bond acceptors (Lipinski definition) is 4. The highest BCUT2D eigenvalue weighted by Gasteiger charge is 2.23. The normalized spacial score (nSPS) is 22.8. The molecule has 20 heavy (non-hydrogen) atoms. The van der Waals surface area contributed by atoms with Crippen molar-refractivity contribution in [3.63, 3.8) is 0 Å². The third-order valence-electron chi connectivity index (χ3n) is 4.04. The Morgan fingerprint density at radius 3 is 2.70 bits per heavy atom. The van der Waals surface area contributed by atoms with E-state index in [1.807, 2.05) is 6.07 Å². The van der Waals surface area contributed by atoms with Gasteiger partial charge in [-0.15, -0.1) is 0 Å². The molecule has 0 amide bonds. The van der Waals surface area contributed by atoms with Gasteiger partial charge in [-0.2, -0.15) is 0 Å². The standard InChI is InChI=1S/C15H20BrNO3/c16-13-8-15-14(19-5-6-20-15)7-11(13)9-17-4-2-1-3-12(17)10-18/h7-8,12,18H,1-6,9-10H2/t12-/m1/s1. The number of ether oxygens (including phenoxy) is 2. The van der Waals surface area contributed by atoms with Gasteiger partial charge in [0.15, 0.2) is 11.5 Å². The topological polar surface area (TPSA) is 41.9 Å². The summed E-state index contributed by atoms with van der Waals surface area (Å²) in [5.74, 6) is 1.64. The number of halogens is 1. The van der Waals surface area contributed by atoms with E-state index in [4.69, 9.17) is 9.47 Å². The summed E-state index contributed by atoms with van der Waals surface area (Å²) in [5, 5.41) is 9.50. The Morgan fingerprint density at radius 2 is 1.95 bits per heavy atom. The maximum absolute atomic E-state index is 9.50. The number of hydrogen-bond donors (Lipinski definition) is 1. The largest absolute Gasteiger partial charge is 0.486 e. The molecule has 1 aromatic carbocycles. The Hall–Kier alpha value is -0.780. The van der Waals surface area contributed by atoms with Gasteiger partial charge in [0.1, 0.15) is 13.2 Å². The van der Waals surface area contributed by atoms with Crippen LogP contribution >= 0.6 is 15.9 Å². The van der Waals surface area contributed by atoms with Crippen molar-refractivity contribution >= 4 is 15.9 Å². The number of rotatable bonds is 3. The van der Waals surface area contributed by atoms with Gasteiger partial charge < -0.3 is 14.6 Å². The lowest BCUT2D eigenvalue weighted by molar-refractivity contribution is 0.0837. The van der Waals surface area contributed by atoms with E-state index >= 15 is 0 Å². The molecule has 2 aliphatic heterocycles. The van der Waals surface area contributed by atoms with Crippen molar-refractivity contribution in [1.82, 2.24) is 4.90 Å². The van der Waals surface area contributed by atoms with Gasteiger partial charge in [-0.05, 0) is 37.1 Å². The first-order chi connectivity index (χ1) is 9.78. The second-order valence-electron chi connectivity index (χ2n) is 5.39. The molecule has 1 saturated heterocycles. The lowest BCUT2D eigenvalue weighted by Gasteiger charge is -2.35. The summed E-state index contributed by atoms with van der Waals surface area (Å²) >= 11 is 3.62. The zero-order valence-electron chi connectivity index (χ0n) is 11.5. The van der Waals surface area contributed by atoms with E-state index in [-0.39, 0.29) is 12.6 Å². The van der Waals surface area contributed by atoms with E-state index in [9.17, 15) is 5.11 Å². The van der Waals surface area contributed by atoms with Gasteiger partial charge in [0.2, 0.25) is 0 Å². The molecule has 0 unspecified atom stereocenters. The maximum Gasteiger partial charge on any atom is 0.162 e. The molecule has 0 aliphatic carbocycles. The molecule has 4 nitrogen and oxygen atoms in total. The summed E-state index contributed by atoms with van der Waals surface area (Å²) in [6.07, 6.45) is 3.50. The molecule has 1 N–H and O–H groups in total. The van der Waals surface area contributed by atoms with Gasteiger partial charge in [-0.3, -0.25) is 4.90 Å². The van der Waals surface area contributed by atoms with Gasteiger partial charge in [0.25, 0.3) is 0 Å². The molecule has 2 aliphatic rings. The number of aliphatic hydroxyl groups is 1. The van der Waals surface area contributed by atoms with Gasteiger partial charge in [-0.1, -0.05) is 22.4 Å². The summed E-state index contributed by atoms with van der Waals surface area (Å²) in [6, 6.07) is 4.33. The molecule has 110 valence electrons. The summed E-state index contributed by atoms with van der Waals surface area (Å²) < 4.78 is 12.3. The van der Waals surface area contributed by atoms with Gasteiger partial charge in [-0.25, -0.2) is 0 Å². The molecule has 3 rings (SSSR count). The summed E-state index contributed by atoms with van der Waals surface area (Å²) in [4.78, 5) is 2.36. The SMILES string of the molecule is OC[C@H]1CCCCN1Cc1cc2c(cc1Br)OCCO2. The molecule has 0 bridgehead atoms. The third-order valence-corrected chi connectivity index (χ3v) is 4.78. The summed E-state index contributed by atoms with van der Waals surface area (Å²) in [6.45, 7) is 3.34. The minimum absolute atomic E-state index is 0.238. The van der Waals surface area contributed by atoms with Crippen LogP contribution in [0.1, 0.15) is 24.8 Å². The molecule has 0 saturated carbocycles. The van der Waals surface area contributed by atoms with Crippen LogP contribution in [0.2, 0.25) is 0 Å². The maximum atomic E-state index is 9.50. The number of likely N-dealkylation sites (tertiary alicyclic amines) is 1. The smallest absolute Gasteiger partial charge is 0.162 e. The lowest BCUT2D eigenvalue weighted by Crippen LogP contribution is -2.41. The Morgan fingerprint density at radius 1 is 1.20 bits per heavy atom. The fourth-order valence-electron chi connectivity index (χ4n) is 2.92. The van der Waals surface area contributed by atoms with Crippen molar-refractivity contribution in [2.45, 2.75) is 31.8 Å². The molecule has 1 fully saturated rings. The molecule has 0 spiro atoms. The Labute approximate surface area is 127 Å². The average molecular weight is 342 g/mol. The first-order valence-corrected chi connectivity index (χ1v) is 8.00. The molecule has 0 aromatic heterocycles. The van der Waals surface area contributed by atoms with Crippen LogP contribution in [0, 0.1) is 0 Å². The first kappa shape index (κ1) is 14.2. The van der Waals surface area contributed by atoms with Crippen molar-refractivity contribution in [1.29, 1.82) is 0 Å². The van der Waals surface area contributed by atoms with Crippen molar-refractivity contribution in [3.8, 4) is 11.5 Å². The second kappa shape index (κ2) is 6.33. The van der Waals surface area contributed by atoms with E-state index < -0.39 is 0 Å². The predicted octanol–water partition coefficient (Wildman–Crippen LogP) is 2.57. The highest BCUT2D eigenvalue weighted by Crippen LogP contribution is 2.36. The molecule has 5 heteroatoms. The van der Waals surface area contributed by atoms with Crippen molar-refractivity contribution in [2.24, 2.45) is 0 Å². The second-order valence-corrected chi connectivity index (χ2v) is 6.24. The van der Waals surface area contributed by atoms with Crippen LogP contribution in [0.3, 0.4) is 0 Å².